The highest BCUT2D eigenvalue weighted by molar-refractivity contribution is 5.67. The lowest BCUT2D eigenvalue weighted by Gasteiger charge is -2.19. The van der Waals surface area contributed by atoms with Gasteiger partial charge in [0.1, 0.15) is 5.60 Å². The number of carboxylic acid groups (broad SMARTS) is 1. The summed E-state index contributed by atoms with van der Waals surface area (Å²) in [6.45, 7) is 7.62. The Morgan fingerprint density at radius 3 is 2.58 bits per heavy atom. The van der Waals surface area contributed by atoms with E-state index in [0.717, 1.165) is 11.3 Å². The standard InChI is InChI=1S/C17H27N3O4/c1-17(2,3)24-16(23)20-10-9-18-12-13-5-4-6-14(11-13)19-8-7-15(21)22/h4-6,11,18-19H,7-10,12H2,1-3H3,(H,20,23)(H,21,22). The van der Waals surface area contributed by atoms with Gasteiger partial charge in [-0.15, -0.1) is 0 Å². The maximum Gasteiger partial charge on any atom is 0.407 e. The molecule has 4 N–H and O–H groups in total. The molecule has 0 atom stereocenters. The van der Waals surface area contributed by atoms with Crippen molar-refractivity contribution in [1.29, 1.82) is 0 Å². The number of carbonyl (C=O) groups is 2. The lowest BCUT2D eigenvalue weighted by molar-refractivity contribution is -0.136. The molecule has 0 aliphatic carbocycles. The van der Waals surface area contributed by atoms with Gasteiger partial charge in [-0.25, -0.2) is 4.79 Å². The SMILES string of the molecule is CC(C)(C)OC(=O)NCCNCc1cccc(NCCC(=O)O)c1. The van der Waals surface area contributed by atoms with Crippen molar-refractivity contribution >= 4 is 17.7 Å². The minimum Gasteiger partial charge on any atom is -0.481 e. The third-order valence-electron chi connectivity index (χ3n) is 2.89. The maximum atomic E-state index is 11.5. The average Bonchev–Trinajstić information content (AvgIpc) is 2.45. The monoisotopic (exact) mass is 337 g/mol. The fourth-order valence-corrected chi connectivity index (χ4v) is 1.90. The van der Waals surface area contributed by atoms with Crippen LogP contribution in [-0.2, 0) is 16.1 Å². The van der Waals surface area contributed by atoms with Crippen molar-refractivity contribution < 1.29 is 19.4 Å². The molecule has 0 fully saturated rings. The van der Waals surface area contributed by atoms with Gasteiger partial charge in [0, 0.05) is 31.9 Å². The van der Waals surface area contributed by atoms with Gasteiger partial charge in [0.2, 0.25) is 0 Å². The van der Waals surface area contributed by atoms with Crippen LogP contribution in [0.15, 0.2) is 24.3 Å². The Labute approximate surface area is 142 Å². The van der Waals surface area contributed by atoms with Crippen LogP contribution in [0.5, 0.6) is 0 Å². The van der Waals surface area contributed by atoms with Crippen molar-refractivity contribution in [3.8, 4) is 0 Å². The van der Waals surface area contributed by atoms with E-state index >= 15 is 0 Å². The molecule has 7 nitrogen and oxygen atoms in total. The van der Waals surface area contributed by atoms with Crippen molar-refractivity contribution in [2.75, 3.05) is 25.0 Å². The summed E-state index contributed by atoms with van der Waals surface area (Å²) < 4.78 is 5.14. The van der Waals surface area contributed by atoms with Crippen LogP contribution < -0.4 is 16.0 Å². The molecule has 0 saturated heterocycles. The first-order valence-electron chi connectivity index (χ1n) is 7.98. The molecule has 0 aliphatic heterocycles. The number of rotatable bonds is 9. The Hall–Kier alpha value is -2.28. The first-order valence-corrected chi connectivity index (χ1v) is 7.98. The van der Waals surface area contributed by atoms with Gasteiger partial charge in [-0.1, -0.05) is 12.1 Å². The molecule has 1 amide bonds. The quantitative estimate of drug-likeness (QED) is 0.516. The van der Waals surface area contributed by atoms with Crippen LogP contribution in [0.1, 0.15) is 32.8 Å². The van der Waals surface area contributed by atoms with Gasteiger partial charge in [0.15, 0.2) is 0 Å². The molecule has 7 heteroatoms. The van der Waals surface area contributed by atoms with Gasteiger partial charge >= 0.3 is 12.1 Å². The molecule has 24 heavy (non-hydrogen) atoms. The molecule has 0 spiro atoms. The van der Waals surface area contributed by atoms with E-state index < -0.39 is 17.7 Å². The molecule has 1 aromatic rings. The number of benzene rings is 1. The Balaban J connectivity index is 2.23. The highest BCUT2D eigenvalue weighted by atomic mass is 16.6. The molecule has 0 unspecified atom stereocenters. The predicted molar refractivity (Wildman–Crippen MR) is 93.1 cm³/mol. The Kier molecular flexibility index (Phi) is 8.05. The lowest BCUT2D eigenvalue weighted by Crippen LogP contribution is -2.36. The van der Waals surface area contributed by atoms with Crippen LogP contribution >= 0.6 is 0 Å². The first-order chi connectivity index (χ1) is 11.3. The van der Waals surface area contributed by atoms with E-state index in [1.165, 1.54) is 0 Å². The summed E-state index contributed by atoms with van der Waals surface area (Å²) in [7, 11) is 0. The zero-order valence-corrected chi connectivity index (χ0v) is 14.5. The summed E-state index contributed by atoms with van der Waals surface area (Å²) in [6.07, 6.45) is -0.340. The summed E-state index contributed by atoms with van der Waals surface area (Å²) in [6, 6.07) is 7.77. The lowest BCUT2D eigenvalue weighted by atomic mass is 10.2. The summed E-state index contributed by atoms with van der Waals surface area (Å²) in [4.78, 5) is 22.0. The number of hydrogen-bond acceptors (Lipinski definition) is 5. The van der Waals surface area contributed by atoms with E-state index in [0.29, 0.717) is 26.2 Å². The van der Waals surface area contributed by atoms with E-state index in [2.05, 4.69) is 16.0 Å². The molecule has 134 valence electrons. The predicted octanol–water partition coefficient (Wildman–Crippen LogP) is 2.19. The zero-order chi connectivity index (χ0) is 18.0. The second-order valence-corrected chi connectivity index (χ2v) is 6.38. The van der Waals surface area contributed by atoms with Crippen molar-refractivity contribution in [3.63, 3.8) is 0 Å². The minimum atomic E-state index is -0.821. The summed E-state index contributed by atoms with van der Waals surface area (Å²) in [5.41, 5.74) is 1.47. The molecule has 1 aromatic carbocycles. The summed E-state index contributed by atoms with van der Waals surface area (Å²) in [5, 5.41) is 17.6. The van der Waals surface area contributed by atoms with E-state index in [4.69, 9.17) is 9.84 Å². The van der Waals surface area contributed by atoms with Gasteiger partial charge in [0.25, 0.3) is 0 Å². The average molecular weight is 337 g/mol. The highest BCUT2D eigenvalue weighted by Crippen LogP contribution is 2.10. The minimum absolute atomic E-state index is 0.0822. The molecular weight excluding hydrogens is 310 g/mol. The number of ether oxygens (including phenoxy) is 1. The van der Waals surface area contributed by atoms with Crippen LogP contribution in [0.2, 0.25) is 0 Å². The van der Waals surface area contributed by atoms with Crippen LogP contribution in [0.25, 0.3) is 0 Å². The van der Waals surface area contributed by atoms with Gasteiger partial charge < -0.3 is 25.8 Å². The van der Waals surface area contributed by atoms with Gasteiger partial charge in [-0.05, 0) is 38.5 Å². The fourth-order valence-electron chi connectivity index (χ4n) is 1.90. The molecule has 0 saturated carbocycles. The van der Waals surface area contributed by atoms with Crippen molar-refractivity contribution in [1.82, 2.24) is 10.6 Å². The van der Waals surface area contributed by atoms with E-state index in [1.807, 2.05) is 45.0 Å². The molecular formula is C17H27N3O4. The molecule has 0 heterocycles. The van der Waals surface area contributed by atoms with Crippen LogP contribution in [0, 0.1) is 0 Å². The van der Waals surface area contributed by atoms with Crippen LogP contribution in [-0.4, -0.2) is 42.4 Å². The molecule has 1 rings (SSSR count). The number of alkyl carbamates (subject to hydrolysis) is 1. The number of amides is 1. The van der Waals surface area contributed by atoms with Crippen molar-refractivity contribution in [2.45, 2.75) is 39.3 Å². The topological polar surface area (TPSA) is 99.7 Å². The van der Waals surface area contributed by atoms with Gasteiger partial charge in [-0.2, -0.15) is 0 Å². The Bertz CT molecular complexity index is 541. The maximum absolute atomic E-state index is 11.5. The third-order valence-corrected chi connectivity index (χ3v) is 2.89. The summed E-state index contributed by atoms with van der Waals surface area (Å²) in [5.74, 6) is -0.821. The molecule has 0 bridgehead atoms. The number of hydrogen-bond donors (Lipinski definition) is 4. The van der Waals surface area contributed by atoms with E-state index in [-0.39, 0.29) is 6.42 Å². The number of anilines is 1. The first kappa shape index (κ1) is 19.8. The van der Waals surface area contributed by atoms with Crippen LogP contribution in [0.4, 0.5) is 10.5 Å². The largest absolute Gasteiger partial charge is 0.481 e. The normalized spacial score (nSPS) is 11.0. The van der Waals surface area contributed by atoms with Crippen molar-refractivity contribution in [2.24, 2.45) is 0 Å². The second kappa shape index (κ2) is 9.77. The molecule has 0 radical (unpaired) electrons. The van der Waals surface area contributed by atoms with E-state index in [1.54, 1.807) is 0 Å². The zero-order valence-electron chi connectivity index (χ0n) is 14.5. The summed E-state index contributed by atoms with van der Waals surface area (Å²) >= 11 is 0. The number of aliphatic carboxylic acids is 1. The van der Waals surface area contributed by atoms with Gasteiger partial charge in [-0.3, -0.25) is 4.79 Å². The van der Waals surface area contributed by atoms with E-state index in [9.17, 15) is 9.59 Å². The number of nitrogens with one attached hydrogen (secondary N) is 3. The third kappa shape index (κ3) is 9.68. The van der Waals surface area contributed by atoms with Crippen LogP contribution in [0.3, 0.4) is 0 Å². The fraction of sp³-hybridized carbons (Fsp3) is 0.529. The highest BCUT2D eigenvalue weighted by Gasteiger charge is 2.15. The Morgan fingerprint density at radius 1 is 1.17 bits per heavy atom. The second-order valence-electron chi connectivity index (χ2n) is 6.38. The molecule has 0 aromatic heterocycles. The number of carboxylic acids is 1. The Morgan fingerprint density at radius 2 is 1.92 bits per heavy atom. The smallest absolute Gasteiger partial charge is 0.407 e. The van der Waals surface area contributed by atoms with Crippen molar-refractivity contribution in [3.05, 3.63) is 29.8 Å². The number of carbonyl (C=O) groups excluding carboxylic acids is 1. The molecule has 0 aliphatic rings. The van der Waals surface area contributed by atoms with Gasteiger partial charge in [0.05, 0.1) is 6.42 Å².